The van der Waals surface area contributed by atoms with Crippen LogP contribution in [0.1, 0.15) is 34.7 Å². The minimum atomic E-state index is -0.552. The van der Waals surface area contributed by atoms with Gasteiger partial charge in [-0.15, -0.1) is 0 Å². The Balaban J connectivity index is 1.42. The van der Waals surface area contributed by atoms with Gasteiger partial charge in [0.1, 0.15) is 6.54 Å². The molecule has 0 saturated carbocycles. The van der Waals surface area contributed by atoms with Gasteiger partial charge in [0.2, 0.25) is 5.91 Å². The summed E-state index contributed by atoms with van der Waals surface area (Å²) in [6.07, 6.45) is 1.56. The van der Waals surface area contributed by atoms with Crippen molar-refractivity contribution < 1.29 is 28.7 Å². The van der Waals surface area contributed by atoms with E-state index >= 15 is 0 Å². The Morgan fingerprint density at radius 1 is 0.857 bits per heavy atom. The smallest absolute Gasteiger partial charge is 0.294 e. The Kier molecular flexibility index (Phi) is 9.69. The lowest BCUT2D eigenvalue weighted by molar-refractivity contribution is -0.127. The Labute approximate surface area is 249 Å². The van der Waals surface area contributed by atoms with E-state index < -0.39 is 23.6 Å². The molecule has 218 valence electrons. The molecule has 1 fully saturated rings. The second-order valence-electron chi connectivity index (χ2n) is 9.94. The zero-order valence-electron chi connectivity index (χ0n) is 24.2. The molecule has 1 aliphatic heterocycles. The highest BCUT2D eigenvalue weighted by atomic mass is 32.2. The van der Waals surface area contributed by atoms with E-state index in [9.17, 15) is 19.2 Å². The van der Waals surface area contributed by atoms with Crippen molar-refractivity contribution in [3.63, 3.8) is 0 Å². The average molecular weight is 588 g/mol. The molecule has 0 aliphatic carbocycles. The fourth-order valence-electron chi connectivity index (χ4n) is 4.55. The van der Waals surface area contributed by atoms with Crippen LogP contribution in [0, 0.1) is 27.7 Å². The Morgan fingerprint density at radius 2 is 1.60 bits per heavy atom. The van der Waals surface area contributed by atoms with Crippen LogP contribution in [0.15, 0.2) is 59.5 Å². The van der Waals surface area contributed by atoms with Crippen molar-refractivity contribution in [1.82, 2.24) is 4.90 Å². The zero-order valence-corrected chi connectivity index (χ0v) is 25.0. The first-order valence-corrected chi connectivity index (χ1v) is 14.2. The van der Waals surface area contributed by atoms with Crippen molar-refractivity contribution in [1.29, 1.82) is 0 Å². The molecular formula is C32H33N3O6S. The number of imide groups is 1. The van der Waals surface area contributed by atoms with E-state index in [-0.39, 0.29) is 17.4 Å². The van der Waals surface area contributed by atoms with Crippen molar-refractivity contribution in [2.24, 2.45) is 0 Å². The molecule has 3 aromatic rings. The van der Waals surface area contributed by atoms with E-state index in [4.69, 9.17) is 9.47 Å². The topological polar surface area (TPSA) is 114 Å². The summed E-state index contributed by atoms with van der Waals surface area (Å²) in [5.41, 5.74) is 5.85. The minimum absolute atomic E-state index is 0.184. The summed E-state index contributed by atoms with van der Waals surface area (Å²) in [6, 6.07) is 16.4. The van der Waals surface area contributed by atoms with Gasteiger partial charge in [0.05, 0.1) is 11.5 Å². The van der Waals surface area contributed by atoms with Gasteiger partial charge in [-0.05, 0) is 99.0 Å². The Bertz CT molecular complexity index is 1560. The maximum absolute atomic E-state index is 13.0. The van der Waals surface area contributed by atoms with E-state index in [1.807, 2.05) is 65.0 Å². The fraction of sp³-hybridized carbons (Fsp3) is 0.250. The number of amides is 4. The number of carbonyl (C=O) groups is 4. The SMILES string of the molecule is CCOc1cc(/C=C2/SC(=O)N(CC(=O)Nc3c(C)cc(C)cc3C)C2=O)ccc1OCC(=O)Nc1cccc(C)c1. The molecule has 0 atom stereocenters. The summed E-state index contributed by atoms with van der Waals surface area (Å²) in [4.78, 5) is 51.9. The molecule has 0 radical (unpaired) electrons. The van der Waals surface area contributed by atoms with E-state index in [0.29, 0.717) is 35.0 Å². The van der Waals surface area contributed by atoms with Crippen LogP contribution in [-0.2, 0) is 14.4 Å². The van der Waals surface area contributed by atoms with Gasteiger partial charge >= 0.3 is 0 Å². The molecule has 4 rings (SSSR count). The van der Waals surface area contributed by atoms with Gasteiger partial charge < -0.3 is 20.1 Å². The summed E-state index contributed by atoms with van der Waals surface area (Å²) >= 11 is 0.766. The van der Waals surface area contributed by atoms with Crippen molar-refractivity contribution in [2.75, 3.05) is 30.4 Å². The van der Waals surface area contributed by atoms with Crippen molar-refractivity contribution in [3.8, 4) is 11.5 Å². The van der Waals surface area contributed by atoms with E-state index in [1.165, 1.54) is 0 Å². The second kappa shape index (κ2) is 13.4. The third kappa shape index (κ3) is 7.58. The molecule has 1 heterocycles. The van der Waals surface area contributed by atoms with Gasteiger partial charge in [-0.2, -0.15) is 0 Å². The van der Waals surface area contributed by atoms with Gasteiger partial charge in [0.25, 0.3) is 17.1 Å². The van der Waals surface area contributed by atoms with E-state index in [0.717, 1.165) is 38.9 Å². The molecule has 0 aromatic heterocycles. The highest BCUT2D eigenvalue weighted by Gasteiger charge is 2.36. The van der Waals surface area contributed by atoms with Gasteiger partial charge in [-0.3, -0.25) is 24.1 Å². The quantitative estimate of drug-likeness (QED) is 0.279. The van der Waals surface area contributed by atoms with Crippen LogP contribution in [0.25, 0.3) is 6.08 Å². The van der Waals surface area contributed by atoms with Gasteiger partial charge in [-0.25, -0.2) is 0 Å². The predicted molar refractivity (Wildman–Crippen MR) is 165 cm³/mol. The van der Waals surface area contributed by atoms with Crippen LogP contribution < -0.4 is 20.1 Å². The van der Waals surface area contributed by atoms with Crippen LogP contribution in [0.3, 0.4) is 0 Å². The molecule has 0 spiro atoms. The Hall–Kier alpha value is -4.57. The third-order valence-corrected chi connectivity index (χ3v) is 7.25. The summed E-state index contributed by atoms with van der Waals surface area (Å²) in [5.74, 6) is -0.585. The molecule has 3 aromatic carbocycles. The molecule has 0 unspecified atom stereocenters. The molecule has 1 aliphatic rings. The van der Waals surface area contributed by atoms with Crippen molar-refractivity contribution in [2.45, 2.75) is 34.6 Å². The maximum Gasteiger partial charge on any atom is 0.294 e. The van der Waals surface area contributed by atoms with Gasteiger partial charge in [0, 0.05) is 11.4 Å². The number of rotatable bonds is 10. The number of thioether (sulfide) groups is 1. The van der Waals surface area contributed by atoms with Crippen molar-refractivity contribution >= 4 is 52.2 Å². The summed E-state index contributed by atoms with van der Waals surface area (Å²) in [6.45, 7) is 9.25. The van der Waals surface area contributed by atoms with Crippen LogP contribution >= 0.6 is 11.8 Å². The standard InChI is InChI=1S/C32H33N3O6S/c1-6-40-26-15-23(10-11-25(26)41-18-29(37)33-24-9-7-8-19(2)14-24)16-27-31(38)35(32(39)42-27)17-28(36)34-30-21(4)12-20(3)13-22(30)5/h7-16H,6,17-18H2,1-5H3,(H,33,37)(H,34,36)/b27-16+. The second-order valence-corrected chi connectivity index (χ2v) is 10.9. The Morgan fingerprint density at radius 3 is 2.29 bits per heavy atom. The number of nitrogens with one attached hydrogen (secondary N) is 2. The number of carbonyl (C=O) groups excluding carboxylic acids is 4. The third-order valence-electron chi connectivity index (χ3n) is 6.34. The molecule has 0 bridgehead atoms. The highest BCUT2D eigenvalue weighted by Crippen LogP contribution is 2.35. The molecule has 42 heavy (non-hydrogen) atoms. The zero-order chi connectivity index (χ0) is 30.4. The largest absolute Gasteiger partial charge is 0.490 e. The van der Waals surface area contributed by atoms with Crippen LogP contribution in [0.2, 0.25) is 0 Å². The fourth-order valence-corrected chi connectivity index (χ4v) is 5.39. The highest BCUT2D eigenvalue weighted by molar-refractivity contribution is 8.18. The number of aryl methyl sites for hydroxylation is 4. The number of anilines is 2. The number of hydrogen-bond donors (Lipinski definition) is 2. The molecule has 9 nitrogen and oxygen atoms in total. The van der Waals surface area contributed by atoms with E-state index in [2.05, 4.69) is 10.6 Å². The molecule has 2 N–H and O–H groups in total. The van der Waals surface area contributed by atoms with Gasteiger partial charge in [0.15, 0.2) is 18.1 Å². The summed E-state index contributed by atoms with van der Waals surface area (Å²) in [5, 5.41) is 5.10. The maximum atomic E-state index is 13.0. The van der Waals surface area contributed by atoms with Gasteiger partial charge in [-0.1, -0.05) is 35.9 Å². The summed E-state index contributed by atoms with van der Waals surface area (Å²) in [7, 11) is 0. The summed E-state index contributed by atoms with van der Waals surface area (Å²) < 4.78 is 11.4. The van der Waals surface area contributed by atoms with E-state index in [1.54, 1.807) is 30.3 Å². The lowest BCUT2D eigenvalue weighted by Crippen LogP contribution is -2.36. The first-order chi connectivity index (χ1) is 20.0. The van der Waals surface area contributed by atoms with Crippen LogP contribution in [-0.4, -0.2) is 47.6 Å². The molecule has 1 saturated heterocycles. The number of hydrogen-bond acceptors (Lipinski definition) is 7. The minimum Gasteiger partial charge on any atom is -0.490 e. The molecule has 10 heteroatoms. The molecular weight excluding hydrogens is 554 g/mol. The monoisotopic (exact) mass is 587 g/mol. The number of benzene rings is 3. The van der Waals surface area contributed by atoms with Crippen molar-refractivity contribution in [3.05, 3.63) is 87.3 Å². The normalized spacial score (nSPS) is 13.8. The number of ether oxygens (including phenoxy) is 2. The average Bonchev–Trinajstić information content (AvgIpc) is 3.17. The molecule has 4 amide bonds. The predicted octanol–water partition coefficient (Wildman–Crippen LogP) is 6.01. The van der Waals surface area contributed by atoms with Crippen LogP contribution in [0.4, 0.5) is 16.2 Å². The van der Waals surface area contributed by atoms with Crippen LogP contribution in [0.5, 0.6) is 11.5 Å². The first-order valence-electron chi connectivity index (χ1n) is 13.4. The lowest BCUT2D eigenvalue weighted by Gasteiger charge is -2.16. The number of nitrogens with zero attached hydrogens (tertiary/aromatic N) is 1. The lowest BCUT2D eigenvalue weighted by atomic mass is 10.1. The first kappa shape index (κ1) is 30.4.